The molecule has 1 spiro atoms. The van der Waals surface area contributed by atoms with E-state index in [9.17, 15) is 0 Å². The number of ether oxygens (including phenoxy) is 1. The minimum absolute atomic E-state index is 0.118. The molecular formula is C19H26N4O2. The summed E-state index contributed by atoms with van der Waals surface area (Å²) in [5, 5.41) is 4.12. The average molecular weight is 342 g/mol. The van der Waals surface area contributed by atoms with E-state index in [-0.39, 0.29) is 5.54 Å². The molecule has 2 aromatic heterocycles. The van der Waals surface area contributed by atoms with Crippen molar-refractivity contribution in [3.05, 3.63) is 41.5 Å². The number of aryl methyl sites for hydroxylation is 2. The van der Waals surface area contributed by atoms with E-state index in [0.717, 1.165) is 63.7 Å². The highest BCUT2D eigenvalue weighted by molar-refractivity contribution is 5.44. The van der Waals surface area contributed by atoms with E-state index in [4.69, 9.17) is 9.26 Å². The number of anilines is 1. The highest BCUT2D eigenvalue weighted by Gasteiger charge is 2.42. The van der Waals surface area contributed by atoms with Gasteiger partial charge in [0.1, 0.15) is 5.76 Å². The zero-order chi connectivity index (χ0) is 17.3. The lowest BCUT2D eigenvalue weighted by atomic mass is 9.84. The minimum Gasteiger partial charge on any atom is -0.378 e. The first-order valence-corrected chi connectivity index (χ1v) is 9.07. The van der Waals surface area contributed by atoms with Gasteiger partial charge in [0.15, 0.2) is 0 Å². The van der Waals surface area contributed by atoms with Crippen LogP contribution in [0.25, 0.3) is 0 Å². The van der Waals surface area contributed by atoms with Crippen molar-refractivity contribution in [2.75, 3.05) is 37.7 Å². The van der Waals surface area contributed by atoms with Gasteiger partial charge in [0, 0.05) is 43.5 Å². The fourth-order valence-corrected chi connectivity index (χ4v) is 4.11. The van der Waals surface area contributed by atoms with Gasteiger partial charge in [-0.1, -0.05) is 5.16 Å². The quantitative estimate of drug-likeness (QED) is 0.854. The van der Waals surface area contributed by atoms with Gasteiger partial charge in [-0.3, -0.25) is 9.88 Å². The van der Waals surface area contributed by atoms with Crippen LogP contribution >= 0.6 is 0 Å². The molecule has 0 radical (unpaired) electrons. The standard InChI is InChI=1S/C19H26N4O2/c1-15-18(16(2)25-21-15)13-23-10-11-24-14-19(23)5-8-22(9-6-19)17-4-3-7-20-12-17/h3-4,7,12H,5-6,8-11,13-14H2,1-2H3. The highest BCUT2D eigenvalue weighted by atomic mass is 16.5. The number of pyridine rings is 1. The van der Waals surface area contributed by atoms with Gasteiger partial charge in [0.25, 0.3) is 0 Å². The van der Waals surface area contributed by atoms with Crippen molar-refractivity contribution in [2.24, 2.45) is 0 Å². The highest BCUT2D eigenvalue weighted by Crippen LogP contribution is 2.35. The maximum atomic E-state index is 5.90. The second-order valence-electron chi connectivity index (χ2n) is 7.20. The van der Waals surface area contributed by atoms with E-state index >= 15 is 0 Å². The number of aromatic nitrogens is 2. The SMILES string of the molecule is Cc1noc(C)c1CN1CCOCC12CCN(c1cccnc1)CC2. The topological polar surface area (TPSA) is 54.6 Å². The second kappa shape index (κ2) is 6.77. The Labute approximate surface area is 148 Å². The van der Waals surface area contributed by atoms with E-state index < -0.39 is 0 Å². The van der Waals surface area contributed by atoms with Crippen molar-refractivity contribution in [2.45, 2.75) is 38.8 Å². The molecule has 6 heteroatoms. The molecule has 25 heavy (non-hydrogen) atoms. The summed E-state index contributed by atoms with van der Waals surface area (Å²) in [5.74, 6) is 0.937. The molecule has 6 nitrogen and oxygen atoms in total. The summed E-state index contributed by atoms with van der Waals surface area (Å²) in [4.78, 5) is 9.29. The summed E-state index contributed by atoms with van der Waals surface area (Å²) in [6, 6.07) is 4.15. The summed E-state index contributed by atoms with van der Waals surface area (Å²) in [7, 11) is 0. The lowest BCUT2D eigenvalue weighted by Gasteiger charge is -2.51. The molecule has 0 aliphatic carbocycles. The predicted molar refractivity (Wildman–Crippen MR) is 95.6 cm³/mol. The Kier molecular flexibility index (Phi) is 4.48. The summed E-state index contributed by atoms with van der Waals surface area (Å²) in [6.45, 7) is 9.60. The second-order valence-corrected chi connectivity index (χ2v) is 7.20. The van der Waals surface area contributed by atoms with Gasteiger partial charge >= 0.3 is 0 Å². The van der Waals surface area contributed by atoms with Crippen LogP contribution in [0.15, 0.2) is 29.0 Å². The first kappa shape index (κ1) is 16.5. The number of rotatable bonds is 3. The largest absolute Gasteiger partial charge is 0.378 e. The van der Waals surface area contributed by atoms with Crippen LogP contribution in [-0.4, -0.2) is 53.4 Å². The molecule has 4 heterocycles. The molecule has 2 aromatic rings. The number of nitrogens with zero attached hydrogens (tertiary/aromatic N) is 4. The minimum atomic E-state index is 0.118. The molecule has 0 amide bonds. The lowest BCUT2D eigenvalue weighted by molar-refractivity contribution is -0.0844. The molecule has 2 fully saturated rings. The van der Waals surface area contributed by atoms with Crippen molar-refractivity contribution in [1.82, 2.24) is 15.0 Å². The third-order valence-electron chi connectivity index (χ3n) is 5.78. The number of hydrogen-bond acceptors (Lipinski definition) is 6. The lowest BCUT2D eigenvalue weighted by Crippen LogP contribution is -2.61. The number of hydrogen-bond donors (Lipinski definition) is 0. The van der Waals surface area contributed by atoms with Crippen molar-refractivity contribution in [1.29, 1.82) is 0 Å². The molecule has 2 saturated heterocycles. The zero-order valence-electron chi connectivity index (χ0n) is 15.1. The zero-order valence-corrected chi connectivity index (χ0v) is 15.1. The van der Waals surface area contributed by atoms with Crippen LogP contribution in [0.1, 0.15) is 29.9 Å². The summed E-state index contributed by atoms with van der Waals surface area (Å²) in [6.07, 6.45) is 5.99. The molecule has 134 valence electrons. The molecule has 2 aliphatic rings. The fraction of sp³-hybridized carbons (Fsp3) is 0.579. The smallest absolute Gasteiger partial charge is 0.138 e. The number of morpholine rings is 1. The van der Waals surface area contributed by atoms with Crippen molar-refractivity contribution in [3.8, 4) is 0 Å². The maximum absolute atomic E-state index is 5.90. The van der Waals surface area contributed by atoms with Crippen LogP contribution in [0.2, 0.25) is 0 Å². The van der Waals surface area contributed by atoms with Gasteiger partial charge < -0.3 is 14.2 Å². The molecule has 4 rings (SSSR count). The van der Waals surface area contributed by atoms with Crippen LogP contribution in [0, 0.1) is 13.8 Å². The Morgan fingerprint density at radius 2 is 2.04 bits per heavy atom. The molecule has 0 saturated carbocycles. The first-order chi connectivity index (χ1) is 12.2. The third-order valence-corrected chi connectivity index (χ3v) is 5.78. The molecule has 0 aromatic carbocycles. The average Bonchev–Trinajstić information content (AvgIpc) is 2.97. The van der Waals surface area contributed by atoms with E-state index in [0.29, 0.717) is 0 Å². The summed E-state index contributed by atoms with van der Waals surface area (Å²) in [5.41, 5.74) is 3.57. The third kappa shape index (κ3) is 3.16. The van der Waals surface area contributed by atoms with Gasteiger partial charge in [-0.2, -0.15) is 0 Å². The van der Waals surface area contributed by atoms with Crippen LogP contribution in [0.3, 0.4) is 0 Å². The van der Waals surface area contributed by atoms with Gasteiger partial charge in [0.05, 0.1) is 30.8 Å². The summed E-state index contributed by atoms with van der Waals surface area (Å²) >= 11 is 0. The van der Waals surface area contributed by atoms with Crippen LogP contribution in [0.4, 0.5) is 5.69 Å². The van der Waals surface area contributed by atoms with Gasteiger partial charge in [-0.15, -0.1) is 0 Å². The van der Waals surface area contributed by atoms with Crippen molar-refractivity contribution in [3.63, 3.8) is 0 Å². The van der Waals surface area contributed by atoms with E-state index in [2.05, 4.69) is 26.0 Å². The Morgan fingerprint density at radius 1 is 1.20 bits per heavy atom. The normalized spacial score (nSPS) is 21.0. The van der Waals surface area contributed by atoms with Crippen LogP contribution in [-0.2, 0) is 11.3 Å². The van der Waals surface area contributed by atoms with Gasteiger partial charge in [-0.25, -0.2) is 0 Å². The van der Waals surface area contributed by atoms with E-state index in [1.54, 1.807) is 0 Å². The Balaban J connectivity index is 1.50. The Morgan fingerprint density at radius 3 is 2.72 bits per heavy atom. The number of piperidine rings is 1. The first-order valence-electron chi connectivity index (χ1n) is 9.07. The molecule has 2 aliphatic heterocycles. The van der Waals surface area contributed by atoms with Gasteiger partial charge in [-0.05, 0) is 38.8 Å². The molecule has 0 unspecified atom stereocenters. The molecule has 0 atom stereocenters. The molecular weight excluding hydrogens is 316 g/mol. The fourth-order valence-electron chi connectivity index (χ4n) is 4.11. The van der Waals surface area contributed by atoms with E-state index in [1.807, 2.05) is 32.3 Å². The van der Waals surface area contributed by atoms with Gasteiger partial charge in [0.2, 0.25) is 0 Å². The maximum Gasteiger partial charge on any atom is 0.138 e. The van der Waals surface area contributed by atoms with Crippen LogP contribution in [0.5, 0.6) is 0 Å². The van der Waals surface area contributed by atoms with Crippen LogP contribution < -0.4 is 4.90 Å². The van der Waals surface area contributed by atoms with Crippen molar-refractivity contribution >= 4 is 5.69 Å². The Bertz CT molecular complexity index is 688. The monoisotopic (exact) mass is 342 g/mol. The van der Waals surface area contributed by atoms with Crippen molar-refractivity contribution < 1.29 is 9.26 Å². The summed E-state index contributed by atoms with van der Waals surface area (Å²) < 4.78 is 11.3. The Hall–Kier alpha value is -1.92. The predicted octanol–water partition coefficient (Wildman–Crippen LogP) is 2.56. The molecule has 0 N–H and O–H groups in total. The van der Waals surface area contributed by atoms with E-state index in [1.165, 1.54) is 11.3 Å². The molecule has 0 bridgehead atoms.